The molecule has 0 saturated carbocycles. The molecule has 1 rings (SSSR count). The molecule has 0 saturated heterocycles. The summed E-state index contributed by atoms with van der Waals surface area (Å²) in [7, 11) is 0. The normalized spacial score (nSPS) is 12.6. The third-order valence-electron chi connectivity index (χ3n) is 1.96. The largest absolute Gasteiger partial charge is 0.417 e. The maximum absolute atomic E-state index is 12.5. The minimum Gasteiger partial charge on any atom is -0.166 e. The molecule has 0 aliphatic heterocycles. The summed E-state index contributed by atoms with van der Waals surface area (Å²) in [4.78, 5) is 0. The fourth-order valence-corrected chi connectivity index (χ4v) is 1.76. The van der Waals surface area contributed by atoms with E-state index in [1.165, 1.54) is 0 Å². The first-order valence-electron chi connectivity index (χ1n) is 4.17. The Balaban J connectivity index is 3.64. The second-order valence-electron chi connectivity index (χ2n) is 3.11. The van der Waals surface area contributed by atoms with Crippen molar-refractivity contribution in [2.24, 2.45) is 0 Å². The molecule has 1 aromatic carbocycles. The Morgan fingerprint density at radius 3 is 1.53 bits per heavy atom. The zero-order valence-electron chi connectivity index (χ0n) is 8.08. The van der Waals surface area contributed by atoms with E-state index in [0.29, 0.717) is 18.2 Å². The fourth-order valence-electron chi connectivity index (χ4n) is 1.31. The van der Waals surface area contributed by atoms with Crippen molar-refractivity contribution < 1.29 is 26.3 Å². The van der Waals surface area contributed by atoms with Gasteiger partial charge in [0.15, 0.2) is 0 Å². The number of hydrogen-bond acceptors (Lipinski definition) is 0. The minimum absolute atomic E-state index is 0.289. The van der Waals surface area contributed by atoms with Crippen LogP contribution in [0, 0.1) is 0 Å². The van der Waals surface area contributed by atoms with E-state index in [-0.39, 0.29) is 4.47 Å². The second kappa shape index (κ2) is 4.36. The molecular weight excluding hydrogens is 314 g/mol. The molecule has 0 amide bonds. The molecule has 0 bridgehead atoms. The van der Waals surface area contributed by atoms with Gasteiger partial charge in [-0.15, -0.1) is 0 Å². The lowest BCUT2D eigenvalue weighted by molar-refractivity contribution is -0.143. The van der Waals surface area contributed by atoms with Crippen LogP contribution in [0.25, 0.3) is 6.08 Å². The summed E-state index contributed by atoms with van der Waals surface area (Å²) < 4.78 is 75.0. The molecule has 0 atom stereocenters. The highest BCUT2D eigenvalue weighted by Gasteiger charge is 2.40. The molecule has 0 unspecified atom stereocenters. The van der Waals surface area contributed by atoms with Gasteiger partial charge in [0.05, 0.1) is 11.1 Å². The maximum Gasteiger partial charge on any atom is 0.417 e. The Hall–Kier alpha value is -0.980. The zero-order valence-corrected chi connectivity index (χ0v) is 9.67. The van der Waals surface area contributed by atoms with E-state index in [9.17, 15) is 26.3 Å². The highest BCUT2D eigenvalue weighted by Crippen LogP contribution is 2.41. The Kier molecular flexibility index (Phi) is 3.61. The number of rotatable bonds is 1. The van der Waals surface area contributed by atoms with Crippen LogP contribution in [0.1, 0.15) is 16.7 Å². The lowest BCUT2D eigenvalue weighted by atomic mass is 10.00. The van der Waals surface area contributed by atoms with Crippen LogP contribution in [-0.4, -0.2) is 0 Å². The molecule has 1 aromatic rings. The predicted molar refractivity (Wildman–Crippen MR) is 54.2 cm³/mol. The van der Waals surface area contributed by atoms with Crippen molar-refractivity contribution in [1.82, 2.24) is 0 Å². The molecule has 0 N–H and O–H groups in total. The lowest BCUT2D eigenvalue weighted by Gasteiger charge is -2.17. The molecule has 0 aliphatic carbocycles. The lowest BCUT2D eigenvalue weighted by Crippen LogP contribution is -2.14. The summed E-state index contributed by atoms with van der Waals surface area (Å²) in [6.45, 7) is 2.99. The van der Waals surface area contributed by atoms with Gasteiger partial charge in [-0.25, -0.2) is 0 Å². The first-order valence-corrected chi connectivity index (χ1v) is 4.97. The van der Waals surface area contributed by atoms with E-state index in [1.807, 2.05) is 0 Å². The molecule has 0 heterocycles. The smallest absolute Gasteiger partial charge is 0.166 e. The minimum atomic E-state index is -4.87. The van der Waals surface area contributed by atoms with Gasteiger partial charge in [0.2, 0.25) is 0 Å². The molecule has 0 radical (unpaired) electrons. The monoisotopic (exact) mass is 318 g/mol. The highest BCUT2D eigenvalue weighted by atomic mass is 79.9. The first kappa shape index (κ1) is 14.1. The predicted octanol–water partition coefficient (Wildman–Crippen LogP) is 5.13. The van der Waals surface area contributed by atoms with E-state index in [4.69, 9.17) is 0 Å². The van der Waals surface area contributed by atoms with Crippen molar-refractivity contribution in [3.63, 3.8) is 0 Å². The summed E-state index contributed by atoms with van der Waals surface area (Å²) in [6, 6.07) is 1.18. The van der Waals surface area contributed by atoms with Crippen molar-refractivity contribution in [2.45, 2.75) is 12.4 Å². The Labute approximate surface area is 101 Å². The van der Waals surface area contributed by atoms with Crippen LogP contribution in [0.3, 0.4) is 0 Å². The number of alkyl halides is 6. The average Bonchev–Trinajstić information content (AvgIpc) is 2.13. The SMILES string of the molecule is C=Cc1c(C(F)(F)F)cc(Br)cc1C(F)(F)F. The van der Waals surface area contributed by atoms with Gasteiger partial charge in [-0.05, 0) is 17.7 Å². The van der Waals surface area contributed by atoms with Crippen LogP contribution in [-0.2, 0) is 12.4 Å². The van der Waals surface area contributed by atoms with Crippen molar-refractivity contribution in [3.8, 4) is 0 Å². The van der Waals surface area contributed by atoms with Crippen molar-refractivity contribution in [1.29, 1.82) is 0 Å². The molecule has 0 fully saturated rings. The van der Waals surface area contributed by atoms with Gasteiger partial charge in [0.25, 0.3) is 0 Å². The van der Waals surface area contributed by atoms with E-state index >= 15 is 0 Å². The fraction of sp³-hybridized carbons (Fsp3) is 0.200. The third kappa shape index (κ3) is 3.02. The standard InChI is InChI=1S/C10H5BrF6/c1-2-6-7(9(12,13)14)3-5(11)4-8(6)10(15,16)17/h2-4H,1H2. The van der Waals surface area contributed by atoms with Gasteiger partial charge in [-0.1, -0.05) is 28.6 Å². The van der Waals surface area contributed by atoms with Crippen molar-refractivity contribution in [3.05, 3.63) is 39.9 Å². The summed E-state index contributed by atoms with van der Waals surface area (Å²) >= 11 is 2.63. The maximum atomic E-state index is 12.5. The summed E-state index contributed by atoms with van der Waals surface area (Å²) in [5.41, 5.74) is -3.70. The summed E-state index contributed by atoms with van der Waals surface area (Å²) in [5, 5.41) is 0. The second-order valence-corrected chi connectivity index (χ2v) is 4.03. The highest BCUT2D eigenvalue weighted by molar-refractivity contribution is 9.10. The van der Waals surface area contributed by atoms with E-state index < -0.39 is 29.0 Å². The van der Waals surface area contributed by atoms with Crippen LogP contribution in [0.2, 0.25) is 0 Å². The molecule has 94 valence electrons. The summed E-state index contributed by atoms with van der Waals surface area (Å²) in [5.74, 6) is 0. The Bertz CT molecular complexity index is 408. The van der Waals surface area contributed by atoms with Gasteiger partial charge in [-0.3, -0.25) is 0 Å². The van der Waals surface area contributed by atoms with Crippen LogP contribution in [0.5, 0.6) is 0 Å². The molecule has 0 nitrogen and oxygen atoms in total. The van der Waals surface area contributed by atoms with Gasteiger partial charge < -0.3 is 0 Å². The van der Waals surface area contributed by atoms with E-state index in [1.54, 1.807) is 0 Å². The topological polar surface area (TPSA) is 0 Å². The third-order valence-corrected chi connectivity index (χ3v) is 2.42. The molecule has 17 heavy (non-hydrogen) atoms. The van der Waals surface area contributed by atoms with Crippen LogP contribution in [0.4, 0.5) is 26.3 Å². The Morgan fingerprint density at radius 2 is 1.29 bits per heavy atom. The average molecular weight is 319 g/mol. The summed E-state index contributed by atoms with van der Waals surface area (Å²) in [6.07, 6.45) is -9.18. The zero-order chi connectivity index (χ0) is 13.4. The first-order chi connectivity index (χ1) is 7.57. The van der Waals surface area contributed by atoms with Gasteiger partial charge in [0.1, 0.15) is 0 Å². The van der Waals surface area contributed by atoms with Crippen molar-refractivity contribution >= 4 is 22.0 Å². The van der Waals surface area contributed by atoms with Crippen LogP contribution < -0.4 is 0 Å². The molecule has 7 heteroatoms. The molecule has 0 spiro atoms. The molecular formula is C10H5BrF6. The van der Waals surface area contributed by atoms with Gasteiger partial charge in [0, 0.05) is 4.47 Å². The van der Waals surface area contributed by atoms with E-state index in [0.717, 1.165) is 0 Å². The van der Waals surface area contributed by atoms with Crippen LogP contribution >= 0.6 is 15.9 Å². The number of benzene rings is 1. The molecule has 0 aliphatic rings. The van der Waals surface area contributed by atoms with E-state index in [2.05, 4.69) is 22.5 Å². The molecule has 0 aromatic heterocycles. The van der Waals surface area contributed by atoms with Crippen molar-refractivity contribution in [2.75, 3.05) is 0 Å². The number of halogens is 7. The number of hydrogen-bond donors (Lipinski definition) is 0. The van der Waals surface area contributed by atoms with Gasteiger partial charge in [-0.2, -0.15) is 26.3 Å². The quantitative estimate of drug-likeness (QED) is 0.630. The van der Waals surface area contributed by atoms with Crippen LogP contribution in [0.15, 0.2) is 23.2 Å². The van der Waals surface area contributed by atoms with Gasteiger partial charge >= 0.3 is 12.4 Å². The Morgan fingerprint density at radius 1 is 0.941 bits per heavy atom.